The highest BCUT2D eigenvalue weighted by Gasteiger charge is 2.38. The van der Waals surface area contributed by atoms with Gasteiger partial charge in [-0.3, -0.25) is 14.2 Å². The third kappa shape index (κ3) is 10.5. The van der Waals surface area contributed by atoms with Crippen molar-refractivity contribution < 1.29 is 38.5 Å². The van der Waals surface area contributed by atoms with Crippen LogP contribution in [0.25, 0.3) is 0 Å². The molecule has 3 rings (SSSR count). The lowest BCUT2D eigenvalue weighted by molar-refractivity contribution is -0.143. The number of ether oxygens (including phenoxy) is 1. The zero-order valence-electron chi connectivity index (χ0n) is 22.8. The summed E-state index contributed by atoms with van der Waals surface area (Å²) in [5.41, 5.74) is 7.19. The van der Waals surface area contributed by atoms with E-state index >= 15 is 0 Å². The summed E-state index contributed by atoms with van der Waals surface area (Å²) < 4.78 is 19.2. The maximum atomic E-state index is 13.9. The summed E-state index contributed by atoms with van der Waals surface area (Å²) in [7, 11) is -4.37. The summed E-state index contributed by atoms with van der Waals surface area (Å²) in [6, 6.07) is 24.7. The molecule has 222 valence electrons. The summed E-state index contributed by atoms with van der Waals surface area (Å²) in [4.78, 5) is 60.4. The van der Waals surface area contributed by atoms with E-state index < -0.39 is 61.6 Å². The smallest absolute Gasteiger partial charge is 0.408 e. The van der Waals surface area contributed by atoms with E-state index in [1.165, 1.54) is 0 Å². The second kappa shape index (κ2) is 15.5. The lowest BCUT2D eigenvalue weighted by Crippen LogP contribution is -2.47. The molecule has 0 aliphatic heterocycles. The van der Waals surface area contributed by atoms with Gasteiger partial charge in [-0.2, -0.15) is 0 Å². The van der Waals surface area contributed by atoms with Crippen molar-refractivity contribution in [3.63, 3.8) is 0 Å². The molecule has 42 heavy (non-hydrogen) atoms. The Kier molecular flexibility index (Phi) is 11.8. The van der Waals surface area contributed by atoms with Gasteiger partial charge in [-0.1, -0.05) is 91.0 Å². The van der Waals surface area contributed by atoms with Crippen molar-refractivity contribution >= 4 is 31.2 Å². The number of hydrogen-bond donors (Lipinski definition) is 5. The van der Waals surface area contributed by atoms with E-state index in [0.717, 1.165) is 5.56 Å². The zero-order chi connectivity index (χ0) is 30.5. The molecule has 3 aromatic carbocycles. The molecule has 0 radical (unpaired) electrons. The van der Waals surface area contributed by atoms with Gasteiger partial charge in [0.25, 0.3) is 0 Å². The van der Waals surface area contributed by atoms with Gasteiger partial charge in [0, 0.05) is 12.6 Å². The number of carbonyl (C=O) groups is 4. The number of carboxylic acids is 1. The fourth-order valence-corrected chi connectivity index (χ4v) is 6.29. The molecule has 0 spiro atoms. The Morgan fingerprint density at radius 3 is 1.79 bits per heavy atom. The van der Waals surface area contributed by atoms with Gasteiger partial charge < -0.3 is 31.1 Å². The number of hydrogen-bond acceptors (Lipinski definition) is 6. The van der Waals surface area contributed by atoms with Gasteiger partial charge in [-0.25, -0.2) is 9.59 Å². The number of primary amides is 1. The molecule has 0 fully saturated rings. The maximum absolute atomic E-state index is 13.9. The van der Waals surface area contributed by atoms with Crippen molar-refractivity contribution in [2.75, 3.05) is 6.16 Å². The SMILES string of the molecule is NC(=O)CC(NC(=O)C(Cc1ccccc1)CP(=O)(O)[C@H](Cc1ccccc1)NC(=O)OCc1ccccc1)C(=O)O. The van der Waals surface area contributed by atoms with Crippen molar-refractivity contribution in [3.8, 4) is 0 Å². The number of carbonyl (C=O) groups excluding carboxylic acids is 3. The summed E-state index contributed by atoms with van der Waals surface area (Å²) >= 11 is 0. The summed E-state index contributed by atoms with van der Waals surface area (Å²) in [6.07, 6.45) is -2.19. The Morgan fingerprint density at radius 2 is 1.29 bits per heavy atom. The molecule has 0 aromatic heterocycles. The molecule has 4 atom stereocenters. The van der Waals surface area contributed by atoms with Gasteiger partial charge in [0.05, 0.1) is 12.3 Å². The largest absolute Gasteiger partial charge is 0.480 e. The molecule has 0 heterocycles. The van der Waals surface area contributed by atoms with Gasteiger partial charge in [0.1, 0.15) is 18.4 Å². The predicted octanol–water partition coefficient (Wildman–Crippen LogP) is 3.06. The molecule has 11 nitrogen and oxygen atoms in total. The Hall–Kier alpha value is -4.47. The topological polar surface area (TPSA) is 185 Å². The first-order chi connectivity index (χ1) is 20.0. The second-order valence-corrected chi connectivity index (χ2v) is 12.3. The first-order valence-corrected chi connectivity index (χ1v) is 15.1. The summed E-state index contributed by atoms with van der Waals surface area (Å²) in [6.45, 7) is -0.0596. The molecular formula is C30H34N3O8P. The van der Waals surface area contributed by atoms with Gasteiger partial charge in [0.2, 0.25) is 19.2 Å². The Bertz CT molecular complexity index is 1390. The molecule has 0 bridgehead atoms. The monoisotopic (exact) mass is 595 g/mol. The number of rotatable bonds is 15. The molecular weight excluding hydrogens is 561 g/mol. The first-order valence-electron chi connectivity index (χ1n) is 13.2. The van der Waals surface area contributed by atoms with Crippen LogP contribution in [0.4, 0.5) is 4.79 Å². The molecule has 3 unspecified atom stereocenters. The highest BCUT2D eigenvalue weighted by atomic mass is 31.2. The number of nitrogens with two attached hydrogens (primary N) is 1. The fraction of sp³-hybridized carbons (Fsp3) is 0.267. The van der Waals surface area contributed by atoms with Crippen molar-refractivity contribution in [1.29, 1.82) is 0 Å². The normalized spacial score (nSPS) is 14.4. The van der Waals surface area contributed by atoms with E-state index in [9.17, 15) is 33.7 Å². The van der Waals surface area contributed by atoms with Crippen LogP contribution in [0.15, 0.2) is 91.0 Å². The van der Waals surface area contributed by atoms with Crippen LogP contribution in [0.2, 0.25) is 0 Å². The molecule has 3 amide bonds. The average Bonchev–Trinajstić information content (AvgIpc) is 2.96. The molecule has 0 saturated heterocycles. The Morgan fingerprint density at radius 1 is 0.786 bits per heavy atom. The first kappa shape index (κ1) is 32.0. The molecule has 12 heteroatoms. The van der Waals surface area contributed by atoms with E-state index in [4.69, 9.17) is 10.5 Å². The minimum absolute atomic E-state index is 0.00333. The summed E-state index contributed by atoms with van der Waals surface area (Å²) in [5.74, 6) is -5.76. The molecule has 6 N–H and O–H groups in total. The van der Waals surface area contributed by atoms with Crippen LogP contribution >= 0.6 is 7.37 Å². The van der Waals surface area contributed by atoms with E-state index in [2.05, 4.69) is 10.6 Å². The minimum Gasteiger partial charge on any atom is -0.480 e. The van der Waals surface area contributed by atoms with Crippen LogP contribution in [-0.2, 0) is 43.1 Å². The van der Waals surface area contributed by atoms with Crippen molar-refractivity contribution in [2.24, 2.45) is 11.7 Å². The standard InChI is InChI=1S/C30H34N3O8P/c31-26(34)18-25(29(36)37)32-28(35)24(16-21-10-4-1-5-11-21)20-42(39,40)27(17-22-12-6-2-7-13-22)33-30(38)41-19-23-14-8-3-9-15-23/h1-15,24-25,27H,16-20H2,(H2,31,34)(H,32,35)(H,33,38)(H,36,37)(H,39,40)/t24?,25?,27-/m1/s1. The highest BCUT2D eigenvalue weighted by Crippen LogP contribution is 2.48. The Labute approximate surface area is 243 Å². The third-order valence-electron chi connectivity index (χ3n) is 6.45. The number of carboxylic acid groups (broad SMARTS) is 1. The maximum Gasteiger partial charge on any atom is 0.408 e. The molecule has 3 aromatic rings. The van der Waals surface area contributed by atoms with Gasteiger partial charge in [-0.05, 0) is 23.1 Å². The lowest BCUT2D eigenvalue weighted by atomic mass is 9.99. The second-order valence-electron chi connectivity index (χ2n) is 9.81. The number of aliphatic carboxylic acids is 1. The van der Waals surface area contributed by atoms with Gasteiger partial charge in [-0.15, -0.1) is 0 Å². The number of alkyl carbamates (subject to hydrolysis) is 1. The highest BCUT2D eigenvalue weighted by molar-refractivity contribution is 7.58. The van der Waals surface area contributed by atoms with Crippen LogP contribution in [0.3, 0.4) is 0 Å². The minimum atomic E-state index is -4.37. The number of amides is 3. The van der Waals surface area contributed by atoms with E-state index in [1.54, 1.807) is 84.9 Å². The molecule has 0 aliphatic carbocycles. The zero-order valence-corrected chi connectivity index (χ0v) is 23.7. The van der Waals surface area contributed by atoms with Crippen LogP contribution in [-0.4, -0.2) is 51.9 Å². The van der Waals surface area contributed by atoms with Crippen LogP contribution in [0, 0.1) is 5.92 Å². The summed E-state index contributed by atoms with van der Waals surface area (Å²) in [5, 5.41) is 14.3. The predicted molar refractivity (Wildman–Crippen MR) is 155 cm³/mol. The lowest BCUT2D eigenvalue weighted by Gasteiger charge is -2.28. The van der Waals surface area contributed by atoms with Crippen LogP contribution in [0.1, 0.15) is 23.1 Å². The van der Waals surface area contributed by atoms with Gasteiger partial charge in [0.15, 0.2) is 0 Å². The average molecular weight is 596 g/mol. The number of benzene rings is 3. The van der Waals surface area contributed by atoms with Crippen molar-refractivity contribution in [2.45, 2.75) is 37.7 Å². The van der Waals surface area contributed by atoms with Crippen LogP contribution in [0.5, 0.6) is 0 Å². The third-order valence-corrected chi connectivity index (χ3v) is 8.70. The fourth-order valence-electron chi connectivity index (χ4n) is 4.31. The van der Waals surface area contributed by atoms with Crippen molar-refractivity contribution in [1.82, 2.24) is 10.6 Å². The van der Waals surface area contributed by atoms with E-state index in [0.29, 0.717) is 11.1 Å². The molecule has 0 aliphatic rings. The Balaban J connectivity index is 1.85. The van der Waals surface area contributed by atoms with E-state index in [1.807, 2.05) is 6.07 Å². The van der Waals surface area contributed by atoms with Crippen LogP contribution < -0.4 is 16.4 Å². The van der Waals surface area contributed by atoms with Crippen molar-refractivity contribution in [3.05, 3.63) is 108 Å². The quantitative estimate of drug-likeness (QED) is 0.166. The molecule has 0 saturated carbocycles. The number of nitrogens with one attached hydrogen (secondary N) is 2. The van der Waals surface area contributed by atoms with E-state index in [-0.39, 0.29) is 19.4 Å². The van der Waals surface area contributed by atoms with Gasteiger partial charge >= 0.3 is 12.1 Å².